The zero-order valence-electron chi connectivity index (χ0n) is 7.43. The Morgan fingerprint density at radius 3 is 2.71 bits per heavy atom. The summed E-state index contributed by atoms with van der Waals surface area (Å²) < 4.78 is 29.9. The van der Waals surface area contributed by atoms with Crippen LogP contribution in [-0.2, 0) is 6.54 Å². The van der Waals surface area contributed by atoms with Crippen LogP contribution < -0.4 is 10.5 Å². The van der Waals surface area contributed by atoms with Gasteiger partial charge in [-0.1, -0.05) is 11.6 Å². The number of methoxy groups -OCH3 is 1. The van der Waals surface area contributed by atoms with Crippen LogP contribution in [-0.4, -0.2) is 12.1 Å². The number of halogens is 3. The van der Waals surface area contributed by atoms with Crippen molar-refractivity contribution >= 4 is 11.6 Å². The third kappa shape index (κ3) is 1.93. The molecule has 1 aromatic heterocycles. The van der Waals surface area contributed by atoms with Crippen molar-refractivity contribution in [1.29, 1.82) is 0 Å². The van der Waals surface area contributed by atoms with E-state index >= 15 is 0 Å². The smallest absolute Gasteiger partial charge is 0.268 e. The maximum atomic E-state index is 12.6. The van der Waals surface area contributed by atoms with Crippen LogP contribution in [0.1, 0.15) is 17.7 Å². The average molecular weight is 223 g/mol. The van der Waals surface area contributed by atoms with Crippen LogP contribution in [0.15, 0.2) is 6.20 Å². The molecule has 0 saturated heterocycles. The van der Waals surface area contributed by atoms with Gasteiger partial charge in [-0.25, -0.2) is 8.78 Å². The minimum absolute atomic E-state index is 0.0278. The van der Waals surface area contributed by atoms with Crippen molar-refractivity contribution in [3.63, 3.8) is 0 Å². The lowest BCUT2D eigenvalue weighted by molar-refractivity contribution is 0.146. The molecule has 0 unspecified atom stereocenters. The second-order valence-electron chi connectivity index (χ2n) is 2.50. The second-order valence-corrected chi connectivity index (χ2v) is 2.91. The van der Waals surface area contributed by atoms with Crippen LogP contribution in [0.25, 0.3) is 0 Å². The van der Waals surface area contributed by atoms with Gasteiger partial charge in [0.25, 0.3) is 6.43 Å². The number of nitrogens with two attached hydrogens (primary N) is 1. The Labute approximate surface area is 84.8 Å². The Kier molecular flexibility index (Phi) is 3.60. The molecule has 0 bridgehead atoms. The van der Waals surface area contributed by atoms with Gasteiger partial charge in [-0.05, 0) is 0 Å². The van der Waals surface area contributed by atoms with Gasteiger partial charge in [0.15, 0.2) is 5.75 Å². The first-order valence-corrected chi connectivity index (χ1v) is 4.19. The molecule has 0 aromatic carbocycles. The summed E-state index contributed by atoms with van der Waals surface area (Å²) >= 11 is 5.57. The third-order valence-electron chi connectivity index (χ3n) is 1.71. The summed E-state index contributed by atoms with van der Waals surface area (Å²) in [6.45, 7) is 0.0278. The fourth-order valence-electron chi connectivity index (χ4n) is 1.10. The van der Waals surface area contributed by atoms with Crippen LogP contribution in [0.4, 0.5) is 8.78 Å². The molecule has 0 amide bonds. The summed E-state index contributed by atoms with van der Waals surface area (Å²) in [6.07, 6.45) is -1.56. The van der Waals surface area contributed by atoms with Crippen molar-refractivity contribution < 1.29 is 13.5 Å². The Bertz CT molecular complexity index is 333. The van der Waals surface area contributed by atoms with Gasteiger partial charge in [0.05, 0.1) is 23.4 Å². The maximum absolute atomic E-state index is 12.6. The quantitative estimate of drug-likeness (QED) is 0.853. The molecule has 1 rings (SSSR count). The van der Waals surface area contributed by atoms with E-state index < -0.39 is 6.43 Å². The Hall–Kier alpha value is -0.940. The third-order valence-corrected chi connectivity index (χ3v) is 2.01. The molecule has 1 heterocycles. The van der Waals surface area contributed by atoms with Gasteiger partial charge < -0.3 is 10.5 Å². The average Bonchev–Trinajstić information content (AvgIpc) is 2.16. The number of alkyl halides is 2. The molecule has 2 N–H and O–H groups in total. The summed E-state index contributed by atoms with van der Waals surface area (Å²) in [5, 5.41) is -0.117. The molecule has 3 nitrogen and oxygen atoms in total. The zero-order valence-corrected chi connectivity index (χ0v) is 8.18. The fraction of sp³-hybridized carbons (Fsp3) is 0.375. The SMILES string of the molecule is COc1c(CN)ncc(Cl)c1C(F)F. The minimum Gasteiger partial charge on any atom is -0.494 e. The molecule has 6 heteroatoms. The van der Waals surface area contributed by atoms with Gasteiger partial charge in [0, 0.05) is 12.7 Å². The van der Waals surface area contributed by atoms with Crippen molar-refractivity contribution in [3.8, 4) is 5.75 Å². The monoisotopic (exact) mass is 222 g/mol. The highest BCUT2D eigenvalue weighted by atomic mass is 35.5. The van der Waals surface area contributed by atoms with Crippen molar-refractivity contribution in [3.05, 3.63) is 22.5 Å². The van der Waals surface area contributed by atoms with E-state index in [1.165, 1.54) is 7.11 Å². The molecule has 0 aliphatic carbocycles. The highest BCUT2D eigenvalue weighted by Crippen LogP contribution is 2.36. The number of rotatable bonds is 3. The van der Waals surface area contributed by atoms with Crippen molar-refractivity contribution in [2.45, 2.75) is 13.0 Å². The number of hydrogen-bond acceptors (Lipinski definition) is 3. The minimum atomic E-state index is -2.70. The molecule has 0 aliphatic heterocycles. The Morgan fingerprint density at radius 1 is 1.64 bits per heavy atom. The summed E-state index contributed by atoms with van der Waals surface area (Å²) in [5.41, 5.74) is 5.23. The Balaban J connectivity index is 3.35. The number of hydrogen-bond donors (Lipinski definition) is 1. The van der Waals surface area contributed by atoms with Crippen LogP contribution >= 0.6 is 11.6 Å². The van der Waals surface area contributed by atoms with Crippen molar-refractivity contribution in [1.82, 2.24) is 4.98 Å². The van der Waals surface area contributed by atoms with Gasteiger partial charge >= 0.3 is 0 Å². The lowest BCUT2D eigenvalue weighted by Gasteiger charge is -2.12. The first-order chi connectivity index (χ1) is 6.61. The number of pyridine rings is 1. The number of ether oxygens (including phenoxy) is 1. The first-order valence-electron chi connectivity index (χ1n) is 3.81. The molecule has 0 aliphatic rings. The van der Waals surface area contributed by atoms with E-state index in [9.17, 15) is 8.78 Å². The zero-order chi connectivity index (χ0) is 10.7. The fourth-order valence-corrected chi connectivity index (χ4v) is 1.32. The molecule has 1 aromatic rings. The predicted molar refractivity (Wildman–Crippen MR) is 48.6 cm³/mol. The van der Waals surface area contributed by atoms with Gasteiger partial charge in [-0.15, -0.1) is 0 Å². The molecule has 78 valence electrons. The van der Waals surface area contributed by atoms with E-state index in [0.29, 0.717) is 0 Å². The highest BCUT2D eigenvalue weighted by Gasteiger charge is 2.21. The summed E-state index contributed by atoms with van der Waals surface area (Å²) in [7, 11) is 1.28. The standard InChI is InChI=1S/C8H9ClF2N2O/c1-14-7-5(2-12)13-3-4(9)6(7)8(10)11/h3,8H,2,12H2,1H3. The van der Waals surface area contributed by atoms with E-state index in [1.807, 2.05) is 0 Å². The van der Waals surface area contributed by atoms with Gasteiger partial charge in [-0.3, -0.25) is 4.98 Å². The number of nitrogens with zero attached hydrogens (tertiary/aromatic N) is 1. The highest BCUT2D eigenvalue weighted by molar-refractivity contribution is 6.31. The molecule has 0 atom stereocenters. The van der Waals surface area contributed by atoms with E-state index in [4.69, 9.17) is 22.1 Å². The lowest BCUT2D eigenvalue weighted by atomic mass is 10.2. The molecular weight excluding hydrogens is 214 g/mol. The molecule has 0 fully saturated rings. The van der Waals surface area contributed by atoms with E-state index in [2.05, 4.69) is 4.98 Å². The molecule has 0 saturated carbocycles. The van der Waals surface area contributed by atoms with Gasteiger partial charge in [-0.2, -0.15) is 0 Å². The van der Waals surface area contributed by atoms with Gasteiger partial charge in [0.2, 0.25) is 0 Å². The normalized spacial score (nSPS) is 10.7. The van der Waals surface area contributed by atoms with Crippen LogP contribution in [0, 0.1) is 0 Å². The van der Waals surface area contributed by atoms with E-state index in [0.717, 1.165) is 6.20 Å². The molecule has 0 spiro atoms. The van der Waals surface area contributed by atoms with E-state index in [1.54, 1.807) is 0 Å². The summed E-state index contributed by atoms with van der Waals surface area (Å²) in [4.78, 5) is 3.80. The summed E-state index contributed by atoms with van der Waals surface area (Å²) in [5.74, 6) is -0.0324. The molecule has 14 heavy (non-hydrogen) atoms. The second kappa shape index (κ2) is 4.52. The maximum Gasteiger partial charge on any atom is 0.268 e. The largest absolute Gasteiger partial charge is 0.494 e. The van der Waals surface area contributed by atoms with Crippen LogP contribution in [0.5, 0.6) is 5.75 Å². The Morgan fingerprint density at radius 2 is 2.29 bits per heavy atom. The molecular formula is C8H9ClF2N2O. The topological polar surface area (TPSA) is 48.1 Å². The van der Waals surface area contributed by atoms with E-state index in [-0.39, 0.29) is 28.6 Å². The predicted octanol–water partition coefficient (Wildman–Crippen LogP) is 2.14. The van der Waals surface area contributed by atoms with Crippen molar-refractivity contribution in [2.75, 3.05) is 7.11 Å². The van der Waals surface area contributed by atoms with Gasteiger partial charge in [0.1, 0.15) is 0 Å². The van der Waals surface area contributed by atoms with Crippen molar-refractivity contribution in [2.24, 2.45) is 5.73 Å². The lowest BCUT2D eigenvalue weighted by Crippen LogP contribution is -2.06. The van der Waals surface area contributed by atoms with Crippen LogP contribution in [0.2, 0.25) is 5.02 Å². The number of aromatic nitrogens is 1. The van der Waals surface area contributed by atoms with Crippen LogP contribution in [0.3, 0.4) is 0 Å². The summed E-state index contributed by atoms with van der Waals surface area (Å²) in [6, 6.07) is 0. The molecule has 0 radical (unpaired) electrons. The first kappa shape index (κ1) is 11.1.